The van der Waals surface area contributed by atoms with Crippen molar-refractivity contribution in [1.29, 1.82) is 0 Å². The van der Waals surface area contributed by atoms with Crippen LogP contribution in [0, 0.1) is 13.8 Å². The van der Waals surface area contributed by atoms with Crippen molar-refractivity contribution in [3.63, 3.8) is 0 Å². The molecule has 36 heavy (non-hydrogen) atoms. The predicted molar refractivity (Wildman–Crippen MR) is 149 cm³/mol. The highest BCUT2D eigenvalue weighted by Gasteiger charge is 2.27. The molecule has 0 radical (unpaired) electrons. The number of amides is 1. The Bertz CT molecular complexity index is 1380. The van der Waals surface area contributed by atoms with E-state index in [1.807, 2.05) is 12.1 Å². The van der Waals surface area contributed by atoms with E-state index in [0.717, 1.165) is 16.8 Å². The number of aryl methyl sites for hydroxylation is 2. The molecule has 0 saturated heterocycles. The summed E-state index contributed by atoms with van der Waals surface area (Å²) >= 11 is 6.13. The first kappa shape index (κ1) is 25.2. The van der Waals surface area contributed by atoms with Crippen LogP contribution in [0.25, 0.3) is 11.1 Å². The topological polar surface area (TPSA) is 52.9 Å². The SMILES string of the molecule is CC1N=C(c2ccc(O)cc2)c2cc(Cl)ccc2N(C)C1=O.Cc1ccccc1-c1ccccc1C. The predicted octanol–water partition coefficient (Wildman–Crippen LogP) is 7.22. The maximum atomic E-state index is 12.4. The fourth-order valence-corrected chi connectivity index (χ4v) is 4.48. The lowest BCUT2D eigenvalue weighted by atomic mass is 9.97. The lowest BCUT2D eigenvalue weighted by molar-refractivity contribution is -0.119. The maximum Gasteiger partial charge on any atom is 0.251 e. The Morgan fingerprint density at radius 3 is 1.92 bits per heavy atom. The van der Waals surface area contributed by atoms with Crippen molar-refractivity contribution >= 4 is 28.9 Å². The number of nitrogens with zero attached hydrogens (tertiary/aromatic N) is 2. The van der Waals surface area contributed by atoms with E-state index in [9.17, 15) is 9.90 Å². The standard InChI is InChI=1S/C17H15ClN2O2.C14H14/c1-10-17(22)20(2)15-8-5-12(18)9-14(15)16(19-10)11-3-6-13(21)7-4-11;1-11-7-3-5-9-13(11)14-10-6-4-8-12(14)2/h3-10,21H,1-2H3;3-10H,1-2H3. The summed E-state index contributed by atoms with van der Waals surface area (Å²) in [5.41, 5.74) is 8.45. The van der Waals surface area contributed by atoms with Gasteiger partial charge < -0.3 is 10.0 Å². The number of benzodiazepines with no additional fused rings is 1. The summed E-state index contributed by atoms with van der Waals surface area (Å²) in [6.07, 6.45) is 0. The molecule has 5 rings (SSSR count). The average Bonchev–Trinajstić information content (AvgIpc) is 2.96. The molecule has 4 nitrogen and oxygen atoms in total. The maximum absolute atomic E-state index is 12.4. The Kier molecular flexibility index (Phi) is 7.56. The highest BCUT2D eigenvalue weighted by Crippen LogP contribution is 2.30. The van der Waals surface area contributed by atoms with Crippen LogP contribution in [-0.2, 0) is 4.79 Å². The van der Waals surface area contributed by atoms with Gasteiger partial charge in [0.1, 0.15) is 11.8 Å². The van der Waals surface area contributed by atoms with Crippen LogP contribution >= 0.6 is 11.6 Å². The number of carbonyl (C=O) groups excluding carboxylic acids is 1. The molecule has 1 unspecified atom stereocenters. The molecule has 5 heteroatoms. The fourth-order valence-electron chi connectivity index (χ4n) is 4.31. The Morgan fingerprint density at radius 2 is 1.36 bits per heavy atom. The number of aromatic hydroxyl groups is 1. The van der Waals surface area contributed by atoms with Crippen molar-refractivity contribution in [2.75, 3.05) is 11.9 Å². The van der Waals surface area contributed by atoms with Crippen molar-refractivity contribution < 1.29 is 9.90 Å². The Labute approximate surface area is 217 Å². The number of benzene rings is 4. The summed E-state index contributed by atoms with van der Waals surface area (Å²) in [7, 11) is 1.74. The van der Waals surface area contributed by atoms with Crippen molar-refractivity contribution in [1.82, 2.24) is 0 Å². The monoisotopic (exact) mass is 496 g/mol. The second kappa shape index (κ2) is 10.8. The van der Waals surface area contributed by atoms with Gasteiger partial charge in [-0.25, -0.2) is 0 Å². The Balaban J connectivity index is 0.000000187. The number of phenols is 1. The normalized spacial score (nSPS) is 14.8. The van der Waals surface area contributed by atoms with E-state index >= 15 is 0 Å². The Hall–Kier alpha value is -3.89. The minimum absolute atomic E-state index is 0.0719. The first-order valence-electron chi connectivity index (χ1n) is 11.8. The number of hydrogen-bond donors (Lipinski definition) is 1. The zero-order chi connectivity index (χ0) is 25.8. The van der Waals surface area contributed by atoms with Crippen LogP contribution in [0.15, 0.2) is 96.0 Å². The van der Waals surface area contributed by atoms with Gasteiger partial charge in [-0.15, -0.1) is 0 Å². The molecular weight excluding hydrogens is 468 g/mol. The van der Waals surface area contributed by atoms with Crippen LogP contribution < -0.4 is 4.90 Å². The van der Waals surface area contributed by atoms with E-state index in [-0.39, 0.29) is 11.7 Å². The van der Waals surface area contributed by atoms with Crippen molar-refractivity contribution in [2.45, 2.75) is 26.8 Å². The minimum Gasteiger partial charge on any atom is -0.508 e. The first-order chi connectivity index (χ1) is 17.3. The summed E-state index contributed by atoms with van der Waals surface area (Å²) in [5.74, 6) is 0.114. The van der Waals surface area contributed by atoms with Crippen molar-refractivity contribution in [2.24, 2.45) is 4.99 Å². The molecule has 182 valence electrons. The van der Waals surface area contributed by atoms with Crippen LogP contribution in [0.1, 0.15) is 29.2 Å². The zero-order valence-corrected chi connectivity index (χ0v) is 21.6. The summed E-state index contributed by atoms with van der Waals surface area (Å²) in [5, 5.41) is 10.0. The second-order valence-corrected chi connectivity index (χ2v) is 9.33. The summed E-state index contributed by atoms with van der Waals surface area (Å²) in [4.78, 5) is 18.5. The largest absolute Gasteiger partial charge is 0.508 e. The van der Waals surface area contributed by atoms with E-state index in [1.165, 1.54) is 22.3 Å². The van der Waals surface area contributed by atoms with E-state index < -0.39 is 6.04 Å². The van der Waals surface area contributed by atoms with Gasteiger partial charge in [0.05, 0.1) is 11.4 Å². The third-order valence-electron chi connectivity index (χ3n) is 6.31. The van der Waals surface area contributed by atoms with Crippen LogP contribution in [0.5, 0.6) is 5.75 Å². The van der Waals surface area contributed by atoms with Gasteiger partial charge in [0.25, 0.3) is 5.91 Å². The molecule has 4 aromatic rings. The quantitative estimate of drug-likeness (QED) is 0.318. The molecule has 1 atom stereocenters. The number of halogens is 1. The molecule has 1 heterocycles. The summed E-state index contributed by atoms with van der Waals surface area (Å²) in [6, 6.07) is 28.7. The van der Waals surface area contributed by atoms with Gasteiger partial charge in [0.15, 0.2) is 0 Å². The highest BCUT2D eigenvalue weighted by molar-refractivity contribution is 6.32. The van der Waals surface area contributed by atoms with E-state index in [2.05, 4.69) is 67.4 Å². The Morgan fingerprint density at radius 1 is 0.806 bits per heavy atom. The molecule has 0 aliphatic carbocycles. The van der Waals surface area contributed by atoms with Crippen LogP contribution in [-0.4, -0.2) is 29.8 Å². The summed E-state index contributed by atoms with van der Waals surface area (Å²) in [6.45, 7) is 6.08. The van der Waals surface area contributed by atoms with Gasteiger partial charge >= 0.3 is 0 Å². The van der Waals surface area contributed by atoms with E-state index in [4.69, 9.17) is 11.6 Å². The van der Waals surface area contributed by atoms with Crippen molar-refractivity contribution in [3.05, 3.63) is 118 Å². The molecule has 4 aromatic carbocycles. The zero-order valence-electron chi connectivity index (χ0n) is 20.9. The van der Waals surface area contributed by atoms with Gasteiger partial charge in [-0.1, -0.05) is 60.1 Å². The number of aliphatic imine (C=N–C) groups is 1. The second-order valence-electron chi connectivity index (χ2n) is 8.89. The smallest absolute Gasteiger partial charge is 0.251 e. The molecule has 0 bridgehead atoms. The number of rotatable bonds is 2. The molecule has 1 amide bonds. The number of hydrogen-bond acceptors (Lipinski definition) is 3. The molecule has 1 aliphatic rings. The lowest BCUT2D eigenvalue weighted by Crippen LogP contribution is -2.32. The van der Waals surface area contributed by atoms with Gasteiger partial charge in [-0.3, -0.25) is 9.79 Å². The number of anilines is 1. The molecule has 0 aromatic heterocycles. The third-order valence-corrected chi connectivity index (χ3v) is 6.54. The van der Waals surface area contributed by atoms with Crippen LogP contribution in [0.2, 0.25) is 5.02 Å². The van der Waals surface area contributed by atoms with Crippen LogP contribution in [0.3, 0.4) is 0 Å². The number of fused-ring (bicyclic) bond motifs is 1. The summed E-state index contributed by atoms with van der Waals surface area (Å²) < 4.78 is 0. The third kappa shape index (κ3) is 5.34. The fraction of sp³-hybridized carbons (Fsp3) is 0.161. The van der Waals surface area contributed by atoms with Crippen molar-refractivity contribution in [3.8, 4) is 16.9 Å². The number of phenolic OH excluding ortho intramolecular Hbond substituents is 1. The molecular formula is C31H29ClN2O2. The highest BCUT2D eigenvalue weighted by atomic mass is 35.5. The number of likely N-dealkylation sites (N-methyl/N-ethyl adjacent to an activating group) is 1. The number of carbonyl (C=O) groups is 1. The van der Waals surface area contributed by atoms with Gasteiger partial charge in [0.2, 0.25) is 0 Å². The van der Waals surface area contributed by atoms with E-state index in [0.29, 0.717) is 10.7 Å². The lowest BCUT2D eigenvalue weighted by Gasteiger charge is -2.19. The first-order valence-corrected chi connectivity index (χ1v) is 12.2. The average molecular weight is 497 g/mol. The van der Waals surface area contributed by atoms with Crippen LogP contribution in [0.4, 0.5) is 5.69 Å². The van der Waals surface area contributed by atoms with Gasteiger partial charge in [-0.05, 0) is 85.5 Å². The van der Waals surface area contributed by atoms with E-state index in [1.54, 1.807) is 49.2 Å². The molecule has 0 spiro atoms. The van der Waals surface area contributed by atoms with Gasteiger partial charge in [0, 0.05) is 23.2 Å². The molecule has 0 fully saturated rings. The molecule has 0 saturated carbocycles. The van der Waals surface area contributed by atoms with Gasteiger partial charge in [-0.2, -0.15) is 0 Å². The molecule has 1 aliphatic heterocycles. The minimum atomic E-state index is -0.486. The molecule has 1 N–H and O–H groups in total.